The highest BCUT2D eigenvalue weighted by Gasteiger charge is 2.25. The van der Waals surface area contributed by atoms with Crippen molar-refractivity contribution in [3.8, 4) is 0 Å². The molecule has 1 aliphatic heterocycles. The average molecular weight is 199 g/mol. The normalized spacial score (nSPS) is 17.1. The van der Waals surface area contributed by atoms with E-state index in [1.54, 1.807) is 6.92 Å². The molecule has 6 nitrogen and oxygen atoms in total. The number of hydrogen-bond donors (Lipinski definition) is 2. The third kappa shape index (κ3) is 2.59. The van der Waals surface area contributed by atoms with Crippen molar-refractivity contribution in [1.29, 1.82) is 0 Å². The molecule has 0 unspecified atom stereocenters. The Balaban J connectivity index is 2.57. The maximum absolute atomic E-state index is 11.6. The molecule has 0 bridgehead atoms. The minimum atomic E-state index is -0.261. The fraction of sp³-hybridized carbons (Fsp3) is 0.750. The topological polar surface area (TPSA) is 74.0 Å². The number of amides is 2. The van der Waals surface area contributed by atoms with Gasteiger partial charge in [-0.05, 0) is 27.7 Å². The first-order valence-corrected chi connectivity index (χ1v) is 4.47. The molecule has 14 heavy (non-hydrogen) atoms. The molecule has 0 aromatic rings. The van der Waals surface area contributed by atoms with Gasteiger partial charge in [0, 0.05) is 5.54 Å². The Morgan fingerprint density at radius 1 is 1.57 bits per heavy atom. The first-order valence-electron chi connectivity index (χ1n) is 4.47. The third-order valence-electron chi connectivity index (χ3n) is 1.68. The van der Waals surface area contributed by atoms with Crippen LogP contribution in [0.5, 0.6) is 0 Å². The van der Waals surface area contributed by atoms with Crippen molar-refractivity contribution >= 4 is 11.9 Å². The predicted octanol–water partition coefficient (Wildman–Crippen LogP) is 0.277. The summed E-state index contributed by atoms with van der Waals surface area (Å²) in [5.41, 5.74) is -0.261. The molecular weight excluding hydrogens is 182 g/mol. The van der Waals surface area contributed by atoms with Crippen LogP contribution in [0.2, 0.25) is 0 Å². The lowest BCUT2D eigenvalue weighted by Gasteiger charge is -2.23. The molecule has 0 aromatic heterocycles. The zero-order chi connectivity index (χ0) is 10.9. The number of rotatable bonds is 0. The van der Waals surface area contributed by atoms with Crippen LogP contribution in [0.1, 0.15) is 27.7 Å². The summed E-state index contributed by atoms with van der Waals surface area (Å²) >= 11 is 0. The van der Waals surface area contributed by atoms with Gasteiger partial charge in [-0.15, -0.1) is 0 Å². The van der Waals surface area contributed by atoms with Crippen LogP contribution >= 0.6 is 0 Å². The van der Waals surface area contributed by atoms with E-state index in [-0.39, 0.29) is 11.6 Å². The van der Waals surface area contributed by atoms with E-state index in [1.165, 1.54) is 10.0 Å². The monoisotopic (exact) mass is 199 g/mol. The molecule has 1 rings (SSSR count). The molecule has 1 heterocycles. The fourth-order valence-corrected chi connectivity index (χ4v) is 1.01. The Morgan fingerprint density at radius 2 is 2.14 bits per heavy atom. The molecule has 0 saturated carbocycles. The molecule has 0 spiro atoms. The molecule has 0 aliphatic carbocycles. The molecule has 6 heteroatoms. The maximum atomic E-state index is 11.6. The van der Waals surface area contributed by atoms with E-state index in [2.05, 4.69) is 10.4 Å². The molecular formula is C8H17N5O. The summed E-state index contributed by atoms with van der Waals surface area (Å²) in [7, 11) is 0. The smallest absolute Gasteiger partial charge is 0.332 e. The lowest BCUT2D eigenvalue weighted by atomic mass is 10.1. The Kier molecular flexibility index (Phi) is 2.66. The third-order valence-corrected chi connectivity index (χ3v) is 1.68. The van der Waals surface area contributed by atoms with Crippen LogP contribution in [0.4, 0.5) is 4.79 Å². The summed E-state index contributed by atoms with van der Waals surface area (Å²) in [5.74, 6) is 6.18. The van der Waals surface area contributed by atoms with Gasteiger partial charge in [-0.3, -0.25) is 5.01 Å². The van der Waals surface area contributed by atoms with Crippen LogP contribution < -0.4 is 11.2 Å². The van der Waals surface area contributed by atoms with E-state index in [1.807, 2.05) is 20.8 Å². The van der Waals surface area contributed by atoms with Gasteiger partial charge in [0.2, 0.25) is 0 Å². The largest absolute Gasteiger partial charge is 0.340 e. The van der Waals surface area contributed by atoms with Crippen molar-refractivity contribution in [3.63, 3.8) is 0 Å². The lowest BCUT2D eigenvalue weighted by Crippen LogP contribution is -2.48. The number of hydrazone groups is 1. The van der Waals surface area contributed by atoms with Gasteiger partial charge in [-0.25, -0.2) is 10.6 Å². The Bertz CT molecular complexity index is 267. The van der Waals surface area contributed by atoms with Crippen molar-refractivity contribution < 1.29 is 4.79 Å². The Labute approximate surface area is 83.7 Å². The summed E-state index contributed by atoms with van der Waals surface area (Å²) in [6.45, 7) is 7.80. The highest BCUT2D eigenvalue weighted by molar-refractivity contribution is 5.84. The van der Waals surface area contributed by atoms with Crippen LogP contribution in [0, 0.1) is 0 Å². The summed E-state index contributed by atoms with van der Waals surface area (Å²) in [6.07, 6.45) is 0. The van der Waals surface area contributed by atoms with E-state index < -0.39 is 0 Å². The number of hydrogen-bond acceptors (Lipinski definition) is 4. The van der Waals surface area contributed by atoms with E-state index in [9.17, 15) is 4.79 Å². The van der Waals surface area contributed by atoms with Gasteiger partial charge >= 0.3 is 6.03 Å². The van der Waals surface area contributed by atoms with Crippen molar-refractivity contribution in [3.05, 3.63) is 0 Å². The van der Waals surface area contributed by atoms with Crippen LogP contribution in [-0.4, -0.2) is 34.1 Å². The zero-order valence-corrected chi connectivity index (χ0v) is 9.03. The number of nitrogens with two attached hydrogens (primary N) is 1. The SMILES string of the molecule is CC1=NN(C(=O)NC(C)(C)C)CN1N. The molecule has 1 aliphatic rings. The van der Waals surface area contributed by atoms with Crippen LogP contribution in [0.15, 0.2) is 5.10 Å². The van der Waals surface area contributed by atoms with Crippen molar-refractivity contribution in [2.24, 2.45) is 10.9 Å². The Morgan fingerprint density at radius 3 is 2.50 bits per heavy atom. The number of nitrogens with one attached hydrogen (secondary N) is 1. The van der Waals surface area contributed by atoms with E-state index in [0.29, 0.717) is 12.5 Å². The second kappa shape index (κ2) is 3.45. The number of amidine groups is 1. The summed E-state index contributed by atoms with van der Waals surface area (Å²) < 4.78 is 0. The number of urea groups is 1. The molecule has 0 saturated heterocycles. The Hall–Kier alpha value is -1.30. The van der Waals surface area contributed by atoms with Gasteiger partial charge in [0.25, 0.3) is 0 Å². The predicted molar refractivity (Wildman–Crippen MR) is 54.1 cm³/mol. The van der Waals surface area contributed by atoms with Gasteiger partial charge < -0.3 is 5.32 Å². The number of carbonyl (C=O) groups is 1. The van der Waals surface area contributed by atoms with E-state index in [0.717, 1.165) is 0 Å². The molecule has 3 N–H and O–H groups in total. The van der Waals surface area contributed by atoms with E-state index in [4.69, 9.17) is 5.84 Å². The number of carbonyl (C=O) groups excluding carboxylic acids is 1. The summed E-state index contributed by atoms with van der Waals surface area (Å²) in [4.78, 5) is 11.6. The average Bonchev–Trinajstić information content (AvgIpc) is 2.28. The van der Waals surface area contributed by atoms with Gasteiger partial charge in [0.1, 0.15) is 12.5 Å². The maximum Gasteiger partial charge on any atom is 0.340 e. The number of nitrogens with zero attached hydrogens (tertiary/aromatic N) is 3. The van der Waals surface area contributed by atoms with Crippen molar-refractivity contribution in [2.75, 3.05) is 6.67 Å². The van der Waals surface area contributed by atoms with Crippen LogP contribution in [0.3, 0.4) is 0 Å². The van der Waals surface area contributed by atoms with Gasteiger partial charge in [0.15, 0.2) is 0 Å². The second-order valence-electron chi connectivity index (χ2n) is 4.34. The molecule has 0 radical (unpaired) electrons. The summed E-state index contributed by atoms with van der Waals surface area (Å²) in [5, 5.41) is 9.52. The molecule has 0 atom stereocenters. The van der Waals surface area contributed by atoms with Crippen LogP contribution in [-0.2, 0) is 0 Å². The summed E-state index contributed by atoms with van der Waals surface area (Å²) in [6, 6.07) is -0.232. The first kappa shape index (κ1) is 10.8. The second-order valence-corrected chi connectivity index (χ2v) is 4.34. The minimum Gasteiger partial charge on any atom is -0.332 e. The van der Waals surface area contributed by atoms with Gasteiger partial charge in [0.05, 0.1) is 0 Å². The quantitative estimate of drug-likeness (QED) is 0.550. The standard InChI is InChI=1S/C8H17N5O/c1-6-11-13(5-12(6)9)7(14)10-8(2,3)4/h5,9H2,1-4H3,(H,10,14). The lowest BCUT2D eigenvalue weighted by molar-refractivity contribution is 0.181. The molecule has 2 amide bonds. The highest BCUT2D eigenvalue weighted by Crippen LogP contribution is 2.06. The van der Waals surface area contributed by atoms with Gasteiger partial charge in [-0.2, -0.15) is 10.1 Å². The molecule has 0 aromatic carbocycles. The minimum absolute atomic E-state index is 0.232. The zero-order valence-electron chi connectivity index (χ0n) is 9.03. The highest BCUT2D eigenvalue weighted by atomic mass is 16.2. The van der Waals surface area contributed by atoms with Crippen LogP contribution in [0.25, 0.3) is 0 Å². The van der Waals surface area contributed by atoms with Crippen molar-refractivity contribution in [1.82, 2.24) is 15.3 Å². The van der Waals surface area contributed by atoms with E-state index >= 15 is 0 Å². The molecule has 0 fully saturated rings. The van der Waals surface area contributed by atoms with Gasteiger partial charge in [-0.1, -0.05) is 0 Å². The first-order chi connectivity index (χ1) is 6.29. The fourth-order valence-electron chi connectivity index (χ4n) is 1.01. The molecule has 80 valence electrons. The van der Waals surface area contributed by atoms with Crippen molar-refractivity contribution in [2.45, 2.75) is 33.2 Å². The number of hydrazine groups is 1.